The molecule has 4 N–H and O–H groups in total. The van der Waals surface area contributed by atoms with Crippen molar-refractivity contribution in [1.82, 2.24) is 5.32 Å². The van der Waals surface area contributed by atoms with E-state index in [1.54, 1.807) is 0 Å². The van der Waals surface area contributed by atoms with Gasteiger partial charge in [0.25, 0.3) is 0 Å². The Bertz CT molecular complexity index is 905. The number of carbonyl (C=O) groups is 1. The first-order chi connectivity index (χ1) is 30.1. The molecular formula is C56H109NO4. The summed E-state index contributed by atoms with van der Waals surface area (Å²) in [5.41, 5.74) is 0. The lowest BCUT2D eigenvalue weighted by molar-refractivity contribution is -0.124. The van der Waals surface area contributed by atoms with Crippen LogP contribution >= 0.6 is 0 Å². The summed E-state index contributed by atoms with van der Waals surface area (Å²) < 4.78 is 0. The second kappa shape index (κ2) is 51.5. The van der Waals surface area contributed by atoms with E-state index in [-0.39, 0.29) is 12.5 Å². The molecule has 0 saturated heterocycles. The van der Waals surface area contributed by atoms with Crippen LogP contribution < -0.4 is 5.32 Å². The standard InChI is InChI=1S/C56H109NO4/c1-3-5-7-9-11-13-15-17-18-19-20-21-22-23-24-25-26-27-28-29-30-31-32-33-34-35-36-37-38-39-41-43-45-47-49-51-55(60)57-53(52-58)56(61)54(59)50-48-46-44-42-40-16-14-12-10-8-6-4-2/h12,14,42,44,53-54,56,58-59,61H,3-11,13,15-41,43,45-52H2,1-2H3,(H,57,60)/b14-12+,44-42+. The summed E-state index contributed by atoms with van der Waals surface area (Å²) in [6.07, 6.45) is 65.0. The zero-order chi connectivity index (χ0) is 44.4. The van der Waals surface area contributed by atoms with E-state index in [1.165, 1.54) is 231 Å². The summed E-state index contributed by atoms with van der Waals surface area (Å²) in [5, 5.41) is 33.5. The van der Waals surface area contributed by atoms with Gasteiger partial charge in [0.2, 0.25) is 5.91 Å². The minimum absolute atomic E-state index is 0.154. The number of carbonyl (C=O) groups excluding carboxylic acids is 1. The van der Waals surface area contributed by atoms with E-state index in [2.05, 4.69) is 43.5 Å². The van der Waals surface area contributed by atoms with Crippen LogP contribution in [0.15, 0.2) is 24.3 Å². The predicted octanol–water partition coefficient (Wildman–Crippen LogP) is 16.9. The molecule has 5 nitrogen and oxygen atoms in total. The van der Waals surface area contributed by atoms with Crippen molar-refractivity contribution in [2.45, 2.75) is 321 Å². The number of hydrogen-bond acceptors (Lipinski definition) is 4. The monoisotopic (exact) mass is 860 g/mol. The van der Waals surface area contributed by atoms with Crippen LogP contribution in [0.4, 0.5) is 0 Å². The Hall–Kier alpha value is -1.17. The van der Waals surface area contributed by atoms with Gasteiger partial charge in [-0.15, -0.1) is 0 Å². The summed E-state index contributed by atoms with van der Waals surface area (Å²) in [6, 6.07) is -0.829. The lowest BCUT2D eigenvalue weighted by Gasteiger charge is -2.26. The van der Waals surface area contributed by atoms with E-state index >= 15 is 0 Å². The number of aliphatic hydroxyl groups is 3. The second-order valence-corrected chi connectivity index (χ2v) is 19.1. The van der Waals surface area contributed by atoms with E-state index in [1.807, 2.05) is 0 Å². The molecule has 362 valence electrons. The van der Waals surface area contributed by atoms with Gasteiger partial charge in [-0.1, -0.05) is 269 Å². The Morgan fingerprint density at radius 2 is 0.672 bits per heavy atom. The van der Waals surface area contributed by atoms with Crippen molar-refractivity contribution in [3.8, 4) is 0 Å². The maximum atomic E-state index is 12.5. The van der Waals surface area contributed by atoms with Crippen LogP contribution in [0.2, 0.25) is 0 Å². The van der Waals surface area contributed by atoms with Crippen LogP contribution in [-0.2, 0) is 4.79 Å². The quantitative estimate of drug-likeness (QED) is 0.0362. The minimum Gasteiger partial charge on any atom is -0.394 e. The third-order valence-electron chi connectivity index (χ3n) is 13.0. The van der Waals surface area contributed by atoms with Gasteiger partial charge in [0.05, 0.1) is 18.8 Å². The Morgan fingerprint density at radius 1 is 0.393 bits per heavy atom. The molecule has 3 unspecified atom stereocenters. The molecule has 61 heavy (non-hydrogen) atoms. The second-order valence-electron chi connectivity index (χ2n) is 19.1. The molecule has 0 aliphatic rings. The molecule has 3 atom stereocenters. The van der Waals surface area contributed by atoms with E-state index in [0.717, 1.165) is 44.9 Å². The highest BCUT2D eigenvalue weighted by atomic mass is 16.3. The van der Waals surface area contributed by atoms with Gasteiger partial charge >= 0.3 is 0 Å². The number of allylic oxidation sites excluding steroid dienone is 4. The first-order valence-electron chi connectivity index (χ1n) is 27.6. The van der Waals surface area contributed by atoms with Crippen LogP contribution in [0.3, 0.4) is 0 Å². The van der Waals surface area contributed by atoms with Crippen LogP contribution in [0.5, 0.6) is 0 Å². The zero-order valence-corrected chi connectivity index (χ0v) is 41.3. The van der Waals surface area contributed by atoms with Crippen LogP contribution in [0, 0.1) is 0 Å². The lowest BCUT2D eigenvalue weighted by atomic mass is 10.0. The minimum atomic E-state index is -1.16. The van der Waals surface area contributed by atoms with Gasteiger partial charge in [0.15, 0.2) is 0 Å². The average molecular weight is 860 g/mol. The van der Waals surface area contributed by atoms with Gasteiger partial charge in [-0.3, -0.25) is 4.79 Å². The fourth-order valence-corrected chi connectivity index (χ4v) is 8.77. The van der Waals surface area contributed by atoms with Crippen molar-refractivity contribution in [1.29, 1.82) is 0 Å². The molecule has 0 saturated carbocycles. The highest BCUT2D eigenvalue weighted by Crippen LogP contribution is 2.18. The Labute approximate surface area is 382 Å². The van der Waals surface area contributed by atoms with Gasteiger partial charge in [0, 0.05) is 6.42 Å². The molecule has 0 bridgehead atoms. The van der Waals surface area contributed by atoms with Crippen molar-refractivity contribution in [3.63, 3.8) is 0 Å². The van der Waals surface area contributed by atoms with E-state index in [4.69, 9.17) is 0 Å². The molecule has 0 rings (SSSR count). The Morgan fingerprint density at radius 3 is 1.00 bits per heavy atom. The number of nitrogens with one attached hydrogen (secondary N) is 1. The molecule has 1 amide bonds. The van der Waals surface area contributed by atoms with Crippen molar-refractivity contribution >= 4 is 5.91 Å². The van der Waals surface area contributed by atoms with Crippen LogP contribution in [0.25, 0.3) is 0 Å². The molecule has 0 heterocycles. The molecule has 0 fully saturated rings. The maximum Gasteiger partial charge on any atom is 0.220 e. The molecule has 0 radical (unpaired) electrons. The van der Waals surface area contributed by atoms with Gasteiger partial charge < -0.3 is 20.6 Å². The Balaban J connectivity index is 3.43. The molecule has 0 aliphatic carbocycles. The third-order valence-corrected chi connectivity index (χ3v) is 13.0. The van der Waals surface area contributed by atoms with Crippen molar-refractivity contribution in [2.24, 2.45) is 0 Å². The molecular weight excluding hydrogens is 751 g/mol. The van der Waals surface area contributed by atoms with Gasteiger partial charge in [-0.2, -0.15) is 0 Å². The average Bonchev–Trinajstić information content (AvgIpc) is 3.26. The van der Waals surface area contributed by atoms with Gasteiger partial charge in [-0.05, 0) is 51.4 Å². The van der Waals surface area contributed by atoms with E-state index in [9.17, 15) is 20.1 Å². The fourth-order valence-electron chi connectivity index (χ4n) is 8.77. The first-order valence-corrected chi connectivity index (χ1v) is 27.6. The van der Waals surface area contributed by atoms with Gasteiger partial charge in [-0.25, -0.2) is 0 Å². The highest BCUT2D eigenvalue weighted by molar-refractivity contribution is 5.76. The molecule has 0 aromatic heterocycles. The maximum absolute atomic E-state index is 12.5. The van der Waals surface area contributed by atoms with Crippen molar-refractivity contribution in [2.75, 3.05) is 6.61 Å². The van der Waals surface area contributed by atoms with Crippen LogP contribution in [0.1, 0.15) is 303 Å². The molecule has 5 heteroatoms. The number of aliphatic hydroxyl groups excluding tert-OH is 3. The smallest absolute Gasteiger partial charge is 0.220 e. The highest BCUT2D eigenvalue weighted by Gasteiger charge is 2.26. The lowest BCUT2D eigenvalue weighted by Crippen LogP contribution is -2.50. The summed E-state index contributed by atoms with van der Waals surface area (Å²) in [4.78, 5) is 12.5. The number of unbranched alkanes of at least 4 members (excludes halogenated alkanes) is 39. The molecule has 0 spiro atoms. The number of hydrogen-bond donors (Lipinski definition) is 4. The summed E-state index contributed by atoms with van der Waals surface area (Å²) >= 11 is 0. The molecule has 0 aromatic rings. The number of rotatable bonds is 51. The predicted molar refractivity (Wildman–Crippen MR) is 268 cm³/mol. The van der Waals surface area contributed by atoms with Crippen molar-refractivity contribution in [3.05, 3.63) is 24.3 Å². The van der Waals surface area contributed by atoms with E-state index < -0.39 is 18.2 Å². The SMILES string of the molecule is CCCCC/C=C/CC/C=C/CCCC(O)C(O)C(CO)NC(=O)CCCCCCCCCCCCCCCCCCCCCCCCCCCCCCCCCCCCC. The largest absolute Gasteiger partial charge is 0.394 e. The summed E-state index contributed by atoms with van der Waals surface area (Å²) in [5.74, 6) is -0.154. The summed E-state index contributed by atoms with van der Waals surface area (Å²) in [7, 11) is 0. The van der Waals surface area contributed by atoms with Gasteiger partial charge in [0.1, 0.15) is 6.10 Å². The third kappa shape index (κ3) is 46.6. The normalized spacial score (nSPS) is 13.5. The zero-order valence-electron chi connectivity index (χ0n) is 41.3. The fraction of sp³-hybridized carbons (Fsp3) is 0.911. The Kier molecular flexibility index (Phi) is 50.5. The van der Waals surface area contributed by atoms with Crippen LogP contribution in [-0.4, -0.2) is 46.1 Å². The topological polar surface area (TPSA) is 89.8 Å². The molecule has 0 aromatic carbocycles. The molecule has 0 aliphatic heterocycles. The van der Waals surface area contributed by atoms with E-state index in [0.29, 0.717) is 12.8 Å². The number of amides is 1. The van der Waals surface area contributed by atoms with Crippen molar-refractivity contribution < 1.29 is 20.1 Å². The summed E-state index contributed by atoms with van der Waals surface area (Å²) in [6.45, 7) is 4.15. The first kappa shape index (κ1) is 59.8.